The van der Waals surface area contributed by atoms with Crippen LogP contribution in [0.1, 0.15) is 58.3 Å². The van der Waals surface area contributed by atoms with E-state index in [4.69, 9.17) is 9.47 Å². The van der Waals surface area contributed by atoms with E-state index in [1.165, 1.54) is 0 Å². The van der Waals surface area contributed by atoms with Crippen molar-refractivity contribution in [2.75, 3.05) is 13.2 Å². The Morgan fingerprint density at radius 3 is 1.84 bits per heavy atom. The molecule has 0 aromatic heterocycles. The van der Waals surface area contributed by atoms with Gasteiger partial charge in [-0.1, -0.05) is 12.2 Å². The van der Waals surface area contributed by atoms with Crippen LogP contribution in [0, 0.1) is 47.0 Å². The van der Waals surface area contributed by atoms with Gasteiger partial charge in [0.25, 0.3) is 0 Å². The quantitative estimate of drug-likeness (QED) is 0.194. The minimum absolute atomic E-state index is 0.0124. The van der Waals surface area contributed by atoms with Gasteiger partial charge in [0.15, 0.2) is 23.7 Å². The van der Waals surface area contributed by atoms with Crippen LogP contribution < -0.4 is 4.74 Å². The lowest BCUT2D eigenvalue weighted by Crippen LogP contribution is -2.38. The van der Waals surface area contributed by atoms with E-state index < -0.39 is 58.7 Å². The predicted molar refractivity (Wildman–Crippen MR) is 126 cm³/mol. The Bertz CT molecular complexity index is 981. The van der Waals surface area contributed by atoms with Gasteiger partial charge in [0.2, 0.25) is 0 Å². The first kappa shape index (κ1) is 28.9. The fourth-order valence-electron chi connectivity index (χ4n) is 5.74. The molecule has 0 atom stereocenters. The van der Waals surface area contributed by atoms with Crippen LogP contribution in [0.15, 0.2) is 35.9 Å². The fraction of sp³-hybridized carbons (Fsp3) is 0.643. The van der Waals surface area contributed by atoms with E-state index in [1.807, 2.05) is 19.1 Å². The van der Waals surface area contributed by atoms with Crippen LogP contribution in [0.25, 0.3) is 0 Å². The number of allylic oxidation sites excluding steroid dienone is 3. The summed E-state index contributed by atoms with van der Waals surface area (Å²) in [7, 11) is 0. The molecule has 1 aromatic rings. The maximum Gasteiger partial charge on any atom is 0.400 e. The van der Waals surface area contributed by atoms with Crippen molar-refractivity contribution in [3.63, 3.8) is 0 Å². The number of ether oxygens (including phenoxy) is 3. The lowest BCUT2D eigenvalue weighted by atomic mass is 9.77. The zero-order valence-electron chi connectivity index (χ0n) is 21.2. The van der Waals surface area contributed by atoms with E-state index in [0.29, 0.717) is 51.0 Å². The molecule has 3 fully saturated rings. The molecular weight excluding hydrogens is 517 g/mol. The Balaban J connectivity index is 1.27. The molecule has 212 valence electrons. The van der Waals surface area contributed by atoms with Crippen molar-refractivity contribution in [1.82, 2.24) is 0 Å². The van der Waals surface area contributed by atoms with E-state index >= 15 is 8.78 Å². The highest BCUT2D eigenvalue weighted by atomic mass is 19.3. The zero-order valence-corrected chi connectivity index (χ0v) is 21.2. The number of hydrogen-bond donors (Lipinski definition) is 0. The van der Waals surface area contributed by atoms with Gasteiger partial charge in [0.05, 0.1) is 19.1 Å². The van der Waals surface area contributed by atoms with E-state index in [9.17, 15) is 22.0 Å². The summed E-state index contributed by atoms with van der Waals surface area (Å²) in [4.78, 5) is 0. The van der Waals surface area contributed by atoms with Gasteiger partial charge < -0.3 is 14.2 Å². The molecular formula is C28H33F7O3. The van der Waals surface area contributed by atoms with Crippen LogP contribution in [0.3, 0.4) is 0 Å². The molecule has 3 aliphatic rings. The van der Waals surface area contributed by atoms with Crippen LogP contribution in [0.4, 0.5) is 30.7 Å². The summed E-state index contributed by atoms with van der Waals surface area (Å²) in [5.41, 5.74) is 0. The van der Waals surface area contributed by atoms with Gasteiger partial charge in [-0.05, 0) is 58.3 Å². The average molecular weight is 551 g/mol. The zero-order chi connectivity index (χ0) is 27.4. The third-order valence-electron chi connectivity index (χ3n) is 7.93. The van der Waals surface area contributed by atoms with Crippen molar-refractivity contribution in [2.24, 2.45) is 29.6 Å². The van der Waals surface area contributed by atoms with Gasteiger partial charge >= 0.3 is 6.11 Å². The molecule has 0 radical (unpaired) electrons. The molecule has 0 bridgehead atoms. The van der Waals surface area contributed by atoms with Crippen LogP contribution in [-0.4, -0.2) is 25.6 Å². The van der Waals surface area contributed by atoms with Gasteiger partial charge in [-0.25, -0.2) is 22.0 Å². The van der Waals surface area contributed by atoms with Crippen molar-refractivity contribution < 1.29 is 44.9 Å². The van der Waals surface area contributed by atoms with Crippen LogP contribution >= 0.6 is 0 Å². The summed E-state index contributed by atoms with van der Waals surface area (Å²) >= 11 is 0. The monoisotopic (exact) mass is 550 g/mol. The number of rotatable bonds is 7. The molecule has 10 heteroatoms. The highest BCUT2D eigenvalue weighted by molar-refractivity contribution is 5.25. The lowest BCUT2D eigenvalue weighted by Gasteiger charge is -2.37. The summed E-state index contributed by atoms with van der Waals surface area (Å²) in [6.45, 7) is 3.08. The fourth-order valence-corrected chi connectivity index (χ4v) is 5.74. The van der Waals surface area contributed by atoms with Crippen molar-refractivity contribution in [3.05, 3.63) is 53.4 Å². The number of hydrogen-bond acceptors (Lipinski definition) is 3. The molecule has 1 aromatic carbocycles. The largest absolute Gasteiger partial charge is 0.432 e. The molecule has 0 N–H and O–H groups in total. The number of halogens is 7. The molecule has 3 nitrogen and oxygen atoms in total. The first-order valence-corrected chi connectivity index (χ1v) is 13.2. The van der Waals surface area contributed by atoms with Crippen molar-refractivity contribution in [2.45, 2.75) is 70.7 Å². The Morgan fingerprint density at radius 2 is 1.34 bits per heavy atom. The Hall–Kier alpha value is -2.07. The second-order valence-corrected chi connectivity index (χ2v) is 10.5. The van der Waals surface area contributed by atoms with Crippen molar-refractivity contribution in [1.29, 1.82) is 0 Å². The SMILES string of the molecule is C/C=C/C1COC(C2CCC(/C(F)=C(\F)C3CCC(C(F)(F)Oc4cc(F)c(F)c(F)c4)CC3)CC2)OC1. The maximum absolute atomic E-state index is 15.1. The first-order valence-electron chi connectivity index (χ1n) is 13.2. The summed E-state index contributed by atoms with van der Waals surface area (Å²) < 4.78 is 115. The number of benzene rings is 1. The molecule has 1 aliphatic heterocycles. The third kappa shape index (κ3) is 6.73. The van der Waals surface area contributed by atoms with Gasteiger partial charge in [-0.2, -0.15) is 8.78 Å². The standard InChI is InChI=1S/C28H33F7O3/c1-2-3-16-14-36-27(37-15-16)19-6-4-17(5-7-19)24(31)25(32)18-8-10-20(11-9-18)28(34,35)38-21-12-22(29)26(33)23(30)13-21/h2-3,12-13,16-20,27H,4-11,14-15H2,1H3/b3-2+,25-24+. The minimum atomic E-state index is -3.81. The molecule has 0 amide bonds. The molecule has 0 spiro atoms. The highest BCUT2D eigenvalue weighted by Gasteiger charge is 2.45. The lowest BCUT2D eigenvalue weighted by molar-refractivity contribution is -0.223. The third-order valence-corrected chi connectivity index (χ3v) is 7.93. The van der Waals surface area contributed by atoms with Crippen LogP contribution in [-0.2, 0) is 9.47 Å². The molecule has 0 unspecified atom stereocenters. The summed E-state index contributed by atoms with van der Waals surface area (Å²) in [6.07, 6.45) is 1.69. The molecule has 4 rings (SSSR count). The Morgan fingerprint density at radius 1 is 0.842 bits per heavy atom. The molecule has 2 aliphatic carbocycles. The topological polar surface area (TPSA) is 27.7 Å². The maximum atomic E-state index is 15.1. The molecule has 38 heavy (non-hydrogen) atoms. The van der Waals surface area contributed by atoms with E-state index in [-0.39, 0.29) is 43.8 Å². The van der Waals surface area contributed by atoms with Gasteiger partial charge in [0, 0.05) is 35.8 Å². The van der Waals surface area contributed by atoms with Crippen molar-refractivity contribution >= 4 is 0 Å². The molecule has 1 saturated heterocycles. The Kier molecular flexibility index (Phi) is 9.44. The van der Waals surface area contributed by atoms with Crippen LogP contribution in [0.2, 0.25) is 0 Å². The molecule has 2 saturated carbocycles. The van der Waals surface area contributed by atoms with Gasteiger partial charge in [0.1, 0.15) is 17.4 Å². The first-order chi connectivity index (χ1) is 18.1. The van der Waals surface area contributed by atoms with Crippen LogP contribution in [0.5, 0.6) is 5.75 Å². The van der Waals surface area contributed by atoms with Gasteiger partial charge in [-0.3, -0.25) is 0 Å². The minimum Gasteiger partial charge on any atom is -0.432 e. The van der Waals surface area contributed by atoms with E-state index in [1.54, 1.807) is 0 Å². The summed E-state index contributed by atoms with van der Waals surface area (Å²) in [6, 6.07) is 0.689. The Labute approximate surface area is 218 Å². The van der Waals surface area contributed by atoms with E-state index in [2.05, 4.69) is 4.74 Å². The second kappa shape index (κ2) is 12.4. The summed E-state index contributed by atoms with van der Waals surface area (Å²) in [5.74, 6) is -9.98. The molecule has 1 heterocycles. The number of alkyl halides is 2. The predicted octanol–water partition coefficient (Wildman–Crippen LogP) is 8.40. The second-order valence-electron chi connectivity index (χ2n) is 10.5. The highest BCUT2D eigenvalue weighted by Crippen LogP contribution is 2.45. The smallest absolute Gasteiger partial charge is 0.400 e. The average Bonchev–Trinajstić information content (AvgIpc) is 2.91. The normalized spacial score (nSPS) is 31.8. The van der Waals surface area contributed by atoms with Crippen molar-refractivity contribution in [3.8, 4) is 5.75 Å². The van der Waals surface area contributed by atoms with Gasteiger partial charge in [-0.15, -0.1) is 0 Å². The van der Waals surface area contributed by atoms with E-state index in [0.717, 1.165) is 0 Å². The summed E-state index contributed by atoms with van der Waals surface area (Å²) in [5, 5.41) is 0.